The number of carbonyl (C=O) groups is 2. The van der Waals surface area contributed by atoms with Crippen LogP contribution in [0.5, 0.6) is 0 Å². The van der Waals surface area contributed by atoms with E-state index in [0.717, 1.165) is 38.5 Å². The molecule has 0 bridgehead atoms. The second-order valence-corrected chi connectivity index (χ2v) is 10.4. The van der Waals surface area contributed by atoms with Gasteiger partial charge >= 0.3 is 11.9 Å². The fraction of sp³-hybridized carbons (Fsp3) is 0.833. The molecular formula is C24H37N3O4. The average molecular weight is 432 g/mol. The summed E-state index contributed by atoms with van der Waals surface area (Å²) in [6.07, 6.45) is 6.55. The van der Waals surface area contributed by atoms with Crippen LogP contribution in [0, 0.1) is 34.5 Å². The van der Waals surface area contributed by atoms with Gasteiger partial charge in [0, 0.05) is 31.2 Å². The lowest BCUT2D eigenvalue weighted by Gasteiger charge is -2.56. The zero-order valence-corrected chi connectivity index (χ0v) is 19.4. The van der Waals surface area contributed by atoms with Crippen LogP contribution in [-0.4, -0.2) is 31.2 Å². The monoisotopic (exact) mass is 431 g/mol. The summed E-state index contributed by atoms with van der Waals surface area (Å²) < 4.78 is 11.0. The first-order valence-electron chi connectivity index (χ1n) is 11.6. The third-order valence-electron chi connectivity index (χ3n) is 8.90. The van der Waals surface area contributed by atoms with Gasteiger partial charge in [0.1, 0.15) is 6.10 Å². The minimum atomic E-state index is -0.286. The highest BCUT2D eigenvalue weighted by Gasteiger charge is 2.56. The molecule has 31 heavy (non-hydrogen) atoms. The number of ether oxygens (including phenoxy) is 2. The van der Waals surface area contributed by atoms with E-state index in [1.54, 1.807) is 0 Å². The predicted molar refractivity (Wildman–Crippen MR) is 118 cm³/mol. The smallest absolute Gasteiger partial charge is 0.302 e. The lowest BCUT2D eigenvalue weighted by Crippen LogP contribution is -2.52. The number of nitrogens with zero attached hydrogens (tertiary/aromatic N) is 3. The first-order valence-corrected chi connectivity index (χ1v) is 11.6. The third-order valence-corrected chi connectivity index (χ3v) is 8.90. The first-order chi connectivity index (χ1) is 14.6. The molecule has 3 aliphatic rings. The van der Waals surface area contributed by atoms with Gasteiger partial charge in [-0.1, -0.05) is 31.1 Å². The summed E-state index contributed by atoms with van der Waals surface area (Å²) in [6, 6.07) is 0. The number of rotatable bonds is 6. The van der Waals surface area contributed by atoms with E-state index in [1.807, 2.05) is 0 Å². The van der Waals surface area contributed by atoms with Gasteiger partial charge in [-0.05, 0) is 79.1 Å². The largest absolute Gasteiger partial charge is 0.466 e. The zero-order chi connectivity index (χ0) is 22.8. The molecule has 2 unspecified atom stereocenters. The Hall–Kier alpha value is -2.01. The molecule has 7 atom stereocenters. The molecular weight excluding hydrogens is 394 g/mol. The summed E-state index contributed by atoms with van der Waals surface area (Å²) in [5.41, 5.74) is 10.4. The maximum absolute atomic E-state index is 11.6. The molecule has 3 rings (SSSR count). The Balaban J connectivity index is 1.91. The van der Waals surface area contributed by atoms with Gasteiger partial charge in [-0.3, -0.25) is 9.59 Å². The zero-order valence-electron chi connectivity index (χ0n) is 19.4. The first kappa shape index (κ1) is 23.6. The molecule has 0 aromatic carbocycles. The van der Waals surface area contributed by atoms with Crippen LogP contribution in [0.25, 0.3) is 10.4 Å². The summed E-state index contributed by atoms with van der Waals surface area (Å²) in [6.45, 7) is 12.7. The van der Waals surface area contributed by atoms with Crippen molar-refractivity contribution in [2.45, 2.75) is 78.7 Å². The van der Waals surface area contributed by atoms with Crippen molar-refractivity contribution in [1.29, 1.82) is 0 Å². The molecule has 0 aromatic rings. The quantitative estimate of drug-likeness (QED) is 0.180. The van der Waals surface area contributed by atoms with Gasteiger partial charge in [0.2, 0.25) is 0 Å². The average Bonchev–Trinajstić information content (AvgIpc) is 3.01. The van der Waals surface area contributed by atoms with Crippen LogP contribution in [0.4, 0.5) is 0 Å². The highest BCUT2D eigenvalue weighted by molar-refractivity contribution is 5.66. The second kappa shape index (κ2) is 9.23. The van der Waals surface area contributed by atoms with Crippen molar-refractivity contribution >= 4 is 11.9 Å². The molecule has 7 nitrogen and oxygen atoms in total. The maximum atomic E-state index is 11.6. The number of fused-ring (bicyclic) bond motifs is 1. The highest BCUT2D eigenvalue weighted by atomic mass is 16.5. The van der Waals surface area contributed by atoms with Crippen molar-refractivity contribution < 1.29 is 19.1 Å². The molecule has 172 valence electrons. The second-order valence-electron chi connectivity index (χ2n) is 10.4. The van der Waals surface area contributed by atoms with E-state index in [9.17, 15) is 9.59 Å². The van der Waals surface area contributed by atoms with Crippen LogP contribution in [0.2, 0.25) is 0 Å². The molecule has 3 fully saturated rings. The molecule has 0 amide bonds. The van der Waals surface area contributed by atoms with E-state index in [-0.39, 0.29) is 40.7 Å². The Bertz CT molecular complexity index is 777. The van der Waals surface area contributed by atoms with Gasteiger partial charge in [0.15, 0.2) is 0 Å². The van der Waals surface area contributed by atoms with Crippen molar-refractivity contribution in [3.8, 4) is 0 Å². The van der Waals surface area contributed by atoms with Crippen LogP contribution in [0.3, 0.4) is 0 Å². The Kier molecular flexibility index (Phi) is 7.04. The summed E-state index contributed by atoms with van der Waals surface area (Å²) in [5.74, 6) is 0.651. The minimum absolute atomic E-state index is 0.0764. The van der Waals surface area contributed by atoms with E-state index in [4.69, 9.17) is 15.0 Å². The summed E-state index contributed by atoms with van der Waals surface area (Å²) >= 11 is 0. The van der Waals surface area contributed by atoms with Crippen molar-refractivity contribution in [1.82, 2.24) is 0 Å². The number of hydrogen-bond donors (Lipinski definition) is 0. The van der Waals surface area contributed by atoms with Gasteiger partial charge in [-0.25, -0.2) is 0 Å². The fourth-order valence-electron chi connectivity index (χ4n) is 7.09. The lowest BCUT2D eigenvalue weighted by atomic mass is 9.49. The number of allylic oxidation sites excluding steroid dienone is 1. The molecule has 0 aliphatic heterocycles. The van der Waals surface area contributed by atoms with Gasteiger partial charge < -0.3 is 9.47 Å². The topological polar surface area (TPSA) is 101 Å². The summed E-state index contributed by atoms with van der Waals surface area (Å²) in [4.78, 5) is 26.2. The molecule has 0 saturated heterocycles. The summed E-state index contributed by atoms with van der Waals surface area (Å²) in [7, 11) is 0. The minimum Gasteiger partial charge on any atom is -0.466 e. The normalized spacial score (nSPS) is 39.9. The molecule has 0 spiro atoms. The van der Waals surface area contributed by atoms with Crippen LogP contribution < -0.4 is 0 Å². The van der Waals surface area contributed by atoms with Gasteiger partial charge in [0.05, 0.1) is 6.61 Å². The summed E-state index contributed by atoms with van der Waals surface area (Å²) in [5, 5.41) is 4.04. The SMILES string of the molecule is C=C1CCC2[C@@H](CN=[N+]=[N-])C([C@@]3(C)CC[C@H](OC(C)=O)C[C@@H]3COC(C)=O)CC[C@]12C. The van der Waals surface area contributed by atoms with Crippen LogP contribution in [0.1, 0.15) is 72.6 Å². The van der Waals surface area contributed by atoms with Crippen molar-refractivity contribution in [2.24, 2.45) is 39.6 Å². The molecule has 0 aromatic heterocycles. The van der Waals surface area contributed by atoms with E-state index in [1.165, 1.54) is 19.4 Å². The molecule has 0 heterocycles. The fourth-order valence-corrected chi connectivity index (χ4v) is 7.09. The molecule has 0 N–H and O–H groups in total. The Labute approximate surface area is 185 Å². The third kappa shape index (κ3) is 4.62. The van der Waals surface area contributed by atoms with Crippen LogP contribution in [0.15, 0.2) is 17.3 Å². The van der Waals surface area contributed by atoms with Crippen molar-refractivity contribution in [3.63, 3.8) is 0 Å². The lowest BCUT2D eigenvalue weighted by molar-refractivity contribution is -0.160. The van der Waals surface area contributed by atoms with Gasteiger partial charge in [0.25, 0.3) is 0 Å². The van der Waals surface area contributed by atoms with Crippen LogP contribution >= 0.6 is 0 Å². The Morgan fingerprint density at radius 1 is 1.16 bits per heavy atom. The number of carbonyl (C=O) groups excluding carboxylic acids is 2. The van der Waals surface area contributed by atoms with E-state index < -0.39 is 0 Å². The van der Waals surface area contributed by atoms with E-state index >= 15 is 0 Å². The van der Waals surface area contributed by atoms with Crippen molar-refractivity contribution in [3.05, 3.63) is 22.6 Å². The molecule has 0 radical (unpaired) electrons. The maximum Gasteiger partial charge on any atom is 0.302 e. The molecule has 7 heteroatoms. The van der Waals surface area contributed by atoms with E-state index in [2.05, 4.69) is 30.5 Å². The Morgan fingerprint density at radius 2 is 1.90 bits per heavy atom. The number of azide groups is 1. The number of esters is 2. The van der Waals surface area contributed by atoms with Crippen molar-refractivity contribution in [2.75, 3.05) is 13.2 Å². The Morgan fingerprint density at radius 3 is 2.55 bits per heavy atom. The van der Waals surface area contributed by atoms with Gasteiger partial charge in [-0.2, -0.15) is 0 Å². The van der Waals surface area contributed by atoms with Crippen LogP contribution in [-0.2, 0) is 19.1 Å². The van der Waals surface area contributed by atoms with E-state index in [0.29, 0.717) is 31.4 Å². The predicted octanol–water partition coefficient (Wildman–Crippen LogP) is 5.60. The molecule has 3 saturated carbocycles. The standard InChI is InChI=1S/C24H37N3O4/c1-15-6-7-21-20(13-26-27-25)22(9-11-23(15,21)4)24(5)10-8-19(31-17(3)29)12-18(24)14-30-16(2)28/h18-22H,1,6-14H2,2-5H3/t18-,19+,20-,21?,22?,23-,24+/m1/s1. The highest BCUT2D eigenvalue weighted by Crippen LogP contribution is 2.63. The molecule has 3 aliphatic carbocycles. The number of hydrogen-bond acceptors (Lipinski definition) is 5. The van der Waals surface area contributed by atoms with Gasteiger partial charge in [-0.15, -0.1) is 0 Å².